The molecule has 0 spiro atoms. The van der Waals surface area contributed by atoms with Gasteiger partial charge in [-0.2, -0.15) is 4.98 Å². The van der Waals surface area contributed by atoms with Gasteiger partial charge in [-0.1, -0.05) is 10.4 Å². The average molecular weight is 412 g/mol. The van der Waals surface area contributed by atoms with E-state index in [0.29, 0.717) is 36.2 Å². The quantitative estimate of drug-likeness (QED) is 0.635. The Morgan fingerprint density at radius 3 is 2.73 bits per heavy atom. The highest BCUT2D eigenvalue weighted by Crippen LogP contribution is 2.38. The van der Waals surface area contributed by atoms with Crippen LogP contribution in [0.15, 0.2) is 28.9 Å². The van der Waals surface area contributed by atoms with Crippen molar-refractivity contribution in [2.75, 3.05) is 20.2 Å². The van der Waals surface area contributed by atoms with Gasteiger partial charge in [0.05, 0.1) is 19.3 Å². The van der Waals surface area contributed by atoms with E-state index in [1.165, 1.54) is 19.2 Å². The van der Waals surface area contributed by atoms with Gasteiger partial charge in [0.2, 0.25) is 0 Å². The lowest BCUT2D eigenvalue weighted by atomic mass is 10.0. The van der Waals surface area contributed by atoms with Crippen molar-refractivity contribution < 1.29 is 18.4 Å². The molecule has 156 valence electrons. The summed E-state index contributed by atoms with van der Waals surface area (Å²) in [5.41, 5.74) is 0.874. The number of nitrogens with zero attached hydrogens (tertiary/aromatic N) is 6. The second-order valence-electron chi connectivity index (χ2n) is 7.69. The van der Waals surface area contributed by atoms with Crippen LogP contribution in [0.25, 0.3) is 11.6 Å². The van der Waals surface area contributed by atoms with E-state index in [-0.39, 0.29) is 17.7 Å². The number of hydrogen-bond acceptors (Lipinski definition) is 7. The number of hydrogen-bond donors (Lipinski definition) is 0. The van der Waals surface area contributed by atoms with E-state index in [2.05, 4.69) is 20.5 Å². The van der Waals surface area contributed by atoms with Crippen molar-refractivity contribution in [3.8, 4) is 17.3 Å². The molecular formula is C20H21FN6O3. The molecule has 0 atom stereocenters. The molecule has 3 heterocycles. The van der Waals surface area contributed by atoms with Crippen LogP contribution in [0.2, 0.25) is 0 Å². The Labute approximate surface area is 171 Å². The SMILES string of the molecule is COc1ccc(C(=O)N2CCC(n3cc(-c4nc(C5CC5)no4)nn3)CC2)cc1F. The third-order valence-corrected chi connectivity index (χ3v) is 5.64. The van der Waals surface area contributed by atoms with Gasteiger partial charge in [0.15, 0.2) is 23.1 Å². The van der Waals surface area contributed by atoms with Gasteiger partial charge >= 0.3 is 0 Å². The van der Waals surface area contributed by atoms with Gasteiger partial charge in [0, 0.05) is 24.6 Å². The molecule has 1 saturated heterocycles. The largest absolute Gasteiger partial charge is 0.494 e. The number of aromatic nitrogens is 5. The molecule has 9 nitrogen and oxygen atoms in total. The van der Waals surface area contributed by atoms with Crippen molar-refractivity contribution in [2.24, 2.45) is 0 Å². The molecule has 30 heavy (non-hydrogen) atoms. The highest BCUT2D eigenvalue weighted by atomic mass is 19.1. The van der Waals surface area contributed by atoms with E-state index in [0.717, 1.165) is 31.5 Å². The molecule has 2 fully saturated rings. The number of benzene rings is 1. The predicted molar refractivity (Wildman–Crippen MR) is 102 cm³/mol. The van der Waals surface area contributed by atoms with Crippen molar-refractivity contribution in [2.45, 2.75) is 37.6 Å². The third-order valence-electron chi connectivity index (χ3n) is 5.64. The summed E-state index contributed by atoms with van der Waals surface area (Å²) in [6.07, 6.45) is 5.47. The fourth-order valence-electron chi connectivity index (χ4n) is 3.71. The minimum Gasteiger partial charge on any atom is -0.494 e. The van der Waals surface area contributed by atoms with Crippen molar-refractivity contribution in [3.63, 3.8) is 0 Å². The molecule has 0 bridgehead atoms. The van der Waals surface area contributed by atoms with Crippen LogP contribution in [0.5, 0.6) is 5.75 Å². The Balaban J connectivity index is 1.22. The number of carbonyl (C=O) groups excluding carboxylic acids is 1. The van der Waals surface area contributed by atoms with Crippen LogP contribution in [0.4, 0.5) is 4.39 Å². The Bertz CT molecular complexity index is 1070. The van der Waals surface area contributed by atoms with Crippen LogP contribution in [-0.2, 0) is 0 Å². The van der Waals surface area contributed by atoms with Crippen molar-refractivity contribution in [1.82, 2.24) is 30.0 Å². The molecule has 1 aromatic carbocycles. The topological polar surface area (TPSA) is 99.2 Å². The maximum Gasteiger partial charge on any atom is 0.280 e. The first kappa shape index (κ1) is 18.7. The van der Waals surface area contributed by atoms with Crippen LogP contribution >= 0.6 is 0 Å². The van der Waals surface area contributed by atoms with E-state index >= 15 is 0 Å². The van der Waals surface area contributed by atoms with Gasteiger partial charge in [0.25, 0.3) is 11.8 Å². The van der Waals surface area contributed by atoms with E-state index in [4.69, 9.17) is 9.26 Å². The highest BCUT2D eigenvalue weighted by Gasteiger charge is 2.30. The number of halogens is 1. The summed E-state index contributed by atoms with van der Waals surface area (Å²) in [6, 6.07) is 4.39. The lowest BCUT2D eigenvalue weighted by Crippen LogP contribution is -2.39. The van der Waals surface area contributed by atoms with Gasteiger partial charge in [-0.3, -0.25) is 4.79 Å². The summed E-state index contributed by atoms with van der Waals surface area (Å²) in [7, 11) is 1.39. The second kappa shape index (κ2) is 7.51. The van der Waals surface area contributed by atoms with Crippen LogP contribution in [0, 0.1) is 5.82 Å². The highest BCUT2D eigenvalue weighted by molar-refractivity contribution is 5.94. The molecule has 1 saturated carbocycles. The van der Waals surface area contributed by atoms with Gasteiger partial charge in [-0.15, -0.1) is 5.10 Å². The van der Waals surface area contributed by atoms with Gasteiger partial charge in [-0.05, 0) is 43.9 Å². The Kier molecular flexibility index (Phi) is 4.68. The van der Waals surface area contributed by atoms with E-state index < -0.39 is 5.82 Å². The Morgan fingerprint density at radius 1 is 1.23 bits per heavy atom. The number of likely N-dealkylation sites (tertiary alicyclic amines) is 1. The predicted octanol–water partition coefficient (Wildman–Crippen LogP) is 2.83. The fourth-order valence-corrected chi connectivity index (χ4v) is 3.71. The molecule has 1 aliphatic carbocycles. The number of rotatable bonds is 5. The normalized spacial score (nSPS) is 17.3. The van der Waals surface area contributed by atoms with Crippen LogP contribution in [-0.4, -0.2) is 56.1 Å². The first-order valence-corrected chi connectivity index (χ1v) is 10.0. The number of carbonyl (C=O) groups is 1. The van der Waals surface area contributed by atoms with Gasteiger partial charge < -0.3 is 14.2 Å². The smallest absolute Gasteiger partial charge is 0.280 e. The van der Waals surface area contributed by atoms with Gasteiger partial charge in [-0.25, -0.2) is 9.07 Å². The number of piperidine rings is 1. The molecule has 2 aromatic heterocycles. The molecule has 1 amide bonds. The maximum absolute atomic E-state index is 13.9. The molecule has 3 aromatic rings. The first-order valence-electron chi connectivity index (χ1n) is 10.0. The Hall–Kier alpha value is -3.30. The standard InChI is InChI=1S/C20H21FN6O3/c1-29-17-5-4-13(10-15(17)21)20(28)26-8-6-14(7-9-26)27-11-16(23-25-27)19-22-18(24-30-19)12-2-3-12/h4-5,10-12,14H,2-3,6-9H2,1H3. The number of methoxy groups -OCH3 is 1. The zero-order valence-electron chi connectivity index (χ0n) is 16.5. The summed E-state index contributed by atoms with van der Waals surface area (Å²) in [4.78, 5) is 18.8. The Morgan fingerprint density at radius 2 is 2.03 bits per heavy atom. The maximum atomic E-state index is 13.9. The molecule has 0 unspecified atom stereocenters. The van der Waals surface area contributed by atoms with E-state index in [1.807, 2.05) is 6.20 Å². The van der Waals surface area contributed by atoms with Crippen molar-refractivity contribution in [3.05, 3.63) is 41.6 Å². The van der Waals surface area contributed by atoms with Crippen molar-refractivity contribution >= 4 is 5.91 Å². The summed E-state index contributed by atoms with van der Waals surface area (Å²) < 4.78 is 25.9. The molecule has 5 rings (SSSR count). The third kappa shape index (κ3) is 3.53. The average Bonchev–Trinajstić information content (AvgIpc) is 3.30. The van der Waals surface area contributed by atoms with Crippen LogP contribution in [0.3, 0.4) is 0 Å². The molecular weight excluding hydrogens is 391 g/mol. The van der Waals surface area contributed by atoms with Crippen LogP contribution in [0.1, 0.15) is 53.8 Å². The summed E-state index contributed by atoms with van der Waals surface area (Å²) in [5.74, 6) is 0.932. The molecule has 10 heteroatoms. The zero-order valence-corrected chi connectivity index (χ0v) is 16.5. The van der Waals surface area contributed by atoms with E-state index in [1.54, 1.807) is 15.6 Å². The summed E-state index contributed by atoms with van der Waals surface area (Å²) in [6.45, 7) is 1.11. The molecule has 2 aliphatic rings. The number of ether oxygens (including phenoxy) is 1. The lowest BCUT2D eigenvalue weighted by molar-refractivity contribution is 0.0688. The molecule has 1 aliphatic heterocycles. The molecule has 0 N–H and O–H groups in total. The lowest BCUT2D eigenvalue weighted by Gasteiger charge is -2.31. The first-order chi connectivity index (χ1) is 14.6. The fraction of sp³-hybridized carbons (Fsp3) is 0.450. The summed E-state index contributed by atoms with van der Waals surface area (Å²) in [5, 5.41) is 12.4. The minimum atomic E-state index is -0.542. The van der Waals surface area contributed by atoms with Crippen molar-refractivity contribution in [1.29, 1.82) is 0 Å². The minimum absolute atomic E-state index is 0.119. The van der Waals surface area contributed by atoms with Gasteiger partial charge in [0.1, 0.15) is 0 Å². The van der Waals surface area contributed by atoms with Crippen LogP contribution < -0.4 is 4.74 Å². The monoisotopic (exact) mass is 412 g/mol. The molecule has 0 radical (unpaired) electrons. The zero-order chi connectivity index (χ0) is 20.7. The summed E-state index contributed by atoms with van der Waals surface area (Å²) >= 11 is 0. The number of amides is 1. The second-order valence-corrected chi connectivity index (χ2v) is 7.69. The van der Waals surface area contributed by atoms with E-state index in [9.17, 15) is 9.18 Å².